The van der Waals surface area contributed by atoms with E-state index in [0.717, 1.165) is 18.5 Å². The number of alkyl halides is 3. The van der Waals surface area contributed by atoms with E-state index in [9.17, 15) is 23.1 Å². The minimum absolute atomic E-state index is 0.0511. The van der Waals surface area contributed by atoms with Crippen LogP contribution in [0, 0.1) is 0 Å². The number of hydrogen-bond donors (Lipinski definition) is 1. The minimum atomic E-state index is -4.71. The van der Waals surface area contributed by atoms with Gasteiger partial charge in [-0.3, -0.25) is 9.69 Å². The van der Waals surface area contributed by atoms with Crippen LogP contribution in [0.3, 0.4) is 0 Å². The molecule has 2 saturated heterocycles. The molecular weight excluding hydrogens is 321 g/mol. The minimum Gasteiger partial charge on any atom is -0.379 e. The highest BCUT2D eigenvalue weighted by atomic mass is 19.4. The highest BCUT2D eigenvalue weighted by molar-refractivity contribution is 5.82. The average Bonchev–Trinajstić information content (AvgIpc) is 3.15. The summed E-state index contributed by atoms with van der Waals surface area (Å²) in [5, 5.41) is 9.76. The van der Waals surface area contributed by atoms with E-state index in [1.807, 2.05) is 35.2 Å². The maximum absolute atomic E-state index is 12.9. The van der Waals surface area contributed by atoms with E-state index >= 15 is 0 Å². The topological polar surface area (TPSA) is 43.8 Å². The number of aliphatic hydroxyl groups is 1. The fourth-order valence-electron chi connectivity index (χ4n) is 3.54. The van der Waals surface area contributed by atoms with Gasteiger partial charge in [-0.05, 0) is 24.9 Å². The van der Waals surface area contributed by atoms with E-state index in [0.29, 0.717) is 13.0 Å². The quantitative estimate of drug-likeness (QED) is 0.916. The molecule has 0 aromatic heterocycles. The Morgan fingerprint density at radius 1 is 1.25 bits per heavy atom. The van der Waals surface area contributed by atoms with Crippen molar-refractivity contribution in [3.05, 3.63) is 35.9 Å². The van der Waals surface area contributed by atoms with Crippen LogP contribution in [0.25, 0.3) is 0 Å². The molecule has 2 atom stereocenters. The molecule has 1 aromatic rings. The van der Waals surface area contributed by atoms with Gasteiger partial charge in [0.2, 0.25) is 5.91 Å². The highest BCUT2D eigenvalue weighted by Crippen LogP contribution is 2.38. The molecule has 3 rings (SSSR count). The van der Waals surface area contributed by atoms with Gasteiger partial charge < -0.3 is 10.0 Å². The van der Waals surface area contributed by atoms with Crippen LogP contribution in [-0.2, 0) is 11.3 Å². The Bertz CT molecular complexity index is 593. The lowest BCUT2D eigenvalue weighted by atomic mass is 10.0. The molecule has 0 unspecified atom stereocenters. The third-order valence-electron chi connectivity index (χ3n) is 4.96. The Morgan fingerprint density at radius 2 is 1.96 bits per heavy atom. The average molecular weight is 342 g/mol. The highest BCUT2D eigenvalue weighted by Gasteiger charge is 2.58. The molecular formula is C17H21F3N2O2. The van der Waals surface area contributed by atoms with Crippen LogP contribution in [-0.4, -0.2) is 58.3 Å². The first-order valence-electron chi connectivity index (χ1n) is 8.16. The molecule has 1 amide bonds. The third-order valence-corrected chi connectivity index (χ3v) is 4.96. The first kappa shape index (κ1) is 17.2. The lowest BCUT2D eigenvalue weighted by Crippen LogP contribution is -2.50. The van der Waals surface area contributed by atoms with Crippen molar-refractivity contribution in [1.82, 2.24) is 9.80 Å². The summed E-state index contributed by atoms with van der Waals surface area (Å²) in [6.07, 6.45) is -3.66. The second-order valence-electron chi connectivity index (χ2n) is 6.65. The Morgan fingerprint density at radius 3 is 2.58 bits per heavy atom. The maximum atomic E-state index is 12.9. The summed E-state index contributed by atoms with van der Waals surface area (Å²) in [6, 6.07) is 9.30. The van der Waals surface area contributed by atoms with Gasteiger partial charge in [0.1, 0.15) is 0 Å². The van der Waals surface area contributed by atoms with Crippen LogP contribution < -0.4 is 0 Å². The number of rotatable bonds is 3. The van der Waals surface area contributed by atoms with Gasteiger partial charge in [0.05, 0.1) is 12.6 Å². The zero-order chi connectivity index (χ0) is 17.4. The molecule has 0 spiro atoms. The number of nitrogens with zero attached hydrogens (tertiary/aromatic N) is 2. The summed E-state index contributed by atoms with van der Waals surface area (Å²) in [5.74, 6) is -0.302. The molecule has 7 heteroatoms. The van der Waals surface area contributed by atoms with E-state index in [4.69, 9.17) is 0 Å². The number of hydrogen-bond acceptors (Lipinski definition) is 3. The molecule has 2 fully saturated rings. The first-order valence-corrected chi connectivity index (χ1v) is 8.16. The number of benzene rings is 1. The summed E-state index contributed by atoms with van der Waals surface area (Å²) in [7, 11) is 0. The zero-order valence-electron chi connectivity index (χ0n) is 13.3. The summed E-state index contributed by atoms with van der Waals surface area (Å²) >= 11 is 0. The van der Waals surface area contributed by atoms with E-state index in [1.54, 1.807) is 0 Å². The largest absolute Gasteiger partial charge is 0.419 e. The molecule has 0 saturated carbocycles. The molecule has 0 bridgehead atoms. The van der Waals surface area contributed by atoms with Crippen molar-refractivity contribution in [1.29, 1.82) is 0 Å². The molecule has 4 nitrogen and oxygen atoms in total. The van der Waals surface area contributed by atoms with E-state index in [2.05, 4.69) is 0 Å². The summed E-state index contributed by atoms with van der Waals surface area (Å²) in [6.45, 7) is 0.646. The normalized spacial score (nSPS) is 28.5. The van der Waals surface area contributed by atoms with Crippen LogP contribution in [0.15, 0.2) is 30.3 Å². The lowest BCUT2D eigenvalue weighted by molar-refractivity contribution is -0.253. The van der Waals surface area contributed by atoms with Gasteiger partial charge in [0, 0.05) is 19.5 Å². The number of carbonyl (C=O) groups excluding carboxylic acids is 1. The molecule has 0 aliphatic carbocycles. The van der Waals surface area contributed by atoms with Crippen LogP contribution in [0.1, 0.15) is 24.8 Å². The van der Waals surface area contributed by atoms with E-state index in [1.165, 1.54) is 4.90 Å². The SMILES string of the molecule is O=C([C@H]1CCCN1Cc1ccccc1)N1CC[C@](O)(C(F)(F)F)C1. The second kappa shape index (κ2) is 6.37. The molecule has 132 valence electrons. The van der Waals surface area contributed by atoms with Gasteiger partial charge in [0.15, 0.2) is 5.60 Å². The van der Waals surface area contributed by atoms with Crippen LogP contribution >= 0.6 is 0 Å². The van der Waals surface area contributed by atoms with E-state index < -0.39 is 30.8 Å². The Labute approximate surface area is 138 Å². The van der Waals surface area contributed by atoms with Gasteiger partial charge in [-0.1, -0.05) is 30.3 Å². The van der Waals surface area contributed by atoms with Gasteiger partial charge in [-0.15, -0.1) is 0 Å². The third kappa shape index (κ3) is 3.28. The van der Waals surface area contributed by atoms with Crippen LogP contribution in [0.4, 0.5) is 13.2 Å². The molecule has 2 aliphatic heterocycles. The van der Waals surface area contributed by atoms with Crippen molar-refractivity contribution in [2.24, 2.45) is 0 Å². The zero-order valence-corrected chi connectivity index (χ0v) is 13.3. The fourth-order valence-corrected chi connectivity index (χ4v) is 3.54. The Kier molecular flexibility index (Phi) is 4.57. The van der Waals surface area contributed by atoms with Gasteiger partial charge in [0.25, 0.3) is 0 Å². The number of carbonyl (C=O) groups is 1. The Balaban J connectivity index is 1.66. The predicted molar refractivity (Wildman–Crippen MR) is 82.1 cm³/mol. The van der Waals surface area contributed by atoms with Crippen molar-refractivity contribution in [2.75, 3.05) is 19.6 Å². The number of likely N-dealkylation sites (tertiary alicyclic amines) is 2. The summed E-state index contributed by atoms with van der Waals surface area (Å²) in [4.78, 5) is 15.9. The van der Waals surface area contributed by atoms with E-state index in [-0.39, 0.29) is 12.5 Å². The number of halogens is 3. The Hall–Kier alpha value is -1.60. The van der Waals surface area contributed by atoms with Crippen molar-refractivity contribution < 1.29 is 23.1 Å². The van der Waals surface area contributed by atoms with Crippen molar-refractivity contribution >= 4 is 5.91 Å². The smallest absolute Gasteiger partial charge is 0.379 e. The molecule has 24 heavy (non-hydrogen) atoms. The van der Waals surface area contributed by atoms with Crippen LogP contribution in [0.5, 0.6) is 0 Å². The van der Waals surface area contributed by atoms with Crippen molar-refractivity contribution in [2.45, 2.75) is 43.6 Å². The monoisotopic (exact) mass is 342 g/mol. The second-order valence-corrected chi connectivity index (χ2v) is 6.65. The molecule has 1 aromatic carbocycles. The van der Waals surface area contributed by atoms with Crippen molar-refractivity contribution in [3.8, 4) is 0 Å². The first-order chi connectivity index (χ1) is 11.3. The molecule has 2 aliphatic rings. The fraction of sp³-hybridized carbons (Fsp3) is 0.588. The van der Waals surface area contributed by atoms with Gasteiger partial charge in [-0.25, -0.2) is 0 Å². The molecule has 1 N–H and O–H groups in total. The molecule has 0 radical (unpaired) electrons. The maximum Gasteiger partial charge on any atom is 0.419 e. The standard InChI is InChI=1S/C17H21F3N2O2/c18-17(19,20)16(24)8-10-22(12-16)15(23)14-7-4-9-21(14)11-13-5-2-1-3-6-13/h1-3,5-6,14,24H,4,7-12H2/t14-,16-/m1/s1. The molecule has 2 heterocycles. The van der Waals surface area contributed by atoms with Crippen molar-refractivity contribution in [3.63, 3.8) is 0 Å². The number of β-amino-alcohol motifs (C(OH)–C–C–N with tert-alkyl or cyclic N) is 1. The lowest BCUT2D eigenvalue weighted by Gasteiger charge is -2.29. The summed E-state index contributed by atoms with van der Waals surface area (Å²) in [5.41, 5.74) is -1.70. The van der Waals surface area contributed by atoms with Gasteiger partial charge >= 0.3 is 6.18 Å². The summed E-state index contributed by atoms with van der Waals surface area (Å²) < 4.78 is 38.8. The van der Waals surface area contributed by atoms with Crippen LogP contribution in [0.2, 0.25) is 0 Å². The van der Waals surface area contributed by atoms with Gasteiger partial charge in [-0.2, -0.15) is 13.2 Å². The number of amides is 1. The predicted octanol–water partition coefficient (Wildman–Crippen LogP) is 2.18.